The highest BCUT2D eigenvalue weighted by Gasteiger charge is 2.33. The Morgan fingerprint density at radius 3 is 2.80 bits per heavy atom. The van der Waals surface area contributed by atoms with Crippen LogP contribution in [0.15, 0.2) is 12.1 Å². The summed E-state index contributed by atoms with van der Waals surface area (Å²) >= 11 is 4.99. The van der Waals surface area contributed by atoms with Crippen LogP contribution in [0, 0.1) is 12.8 Å². The summed E-state index contributed by atoms with van der Waals surface area (Å²) in [6.45, 7) is 4.18. The standard InChI is InChI=1S/C11H15N3S/c1-6-5-9(6)14-11-8(10(12)15)4-3-7(2)13-11/h3-4,6,9H,5H2,1-2H3,(H2,12,15)(H,13,14). The molecule has 3 N–H and O–H groups in total. The van der Waals surface area contributed by atoms with E-state index < -0.39 is 0 Å². The van der Waals surface area contributed by atoms with Crippen LogP contribution in [0.1, 0.15) is 24.6 Å². The van der Waals surface area contributed by atoms with E-state index in [0.29, 0.717) is 11.0 Å². The molecular formula is C11H15N3S. The number of thiocarbonyl (C=S) groups is 1. The number of hydrogen-bond acceptors (Lipinski definition) is 3. The van der Waals surface area contributed by atoms with Gasteiger partial charge in [-0.15, -0.1) is 0 Å². The Kier molecular flexibility index (Phi) is 2.61. The van der Waals surface area contributed by atoms with Crippen LogP contribution in [-0.2, 0) is 0 Å². The van der Waals surface area contributed by atoms with Gasteiger partial charge in [0.1, 0.15) is 10.8 Å². The van der Waals surface area contributed by atoms with Gasteiger partial charge < -0.3 is 11.1 Å². The van der Waals surface area contributed by atoms with Crippen molar-refractivity contribution >= 4 is 23.0 Å². The van der Waals surface area contributed by atoms with E-state index in [-0.39, 0.29) is 0 Å². The van der Waals surface area contributed by atoms with Crippen molar-refractivity contribution in [3.8, 4) is 0 Å². The number of nitrogens with one attached hydrogen (secondary N) is 1. The predicted octanol–water partition coefficient (Wildman–Crippen LogP) is 1.84. The lowest BCUT2D eigenvalue weighted by Gasteiger charge is -2.10. The summed E-state index contributed by atoms with van der Waals surface area (Å²) < 4.78 is 0. The molecule has 0 spiro atoms. The number of aromatic nitrogens is 1. The van der Waals surface area contributed by atoms with Crippen molar-refractivity contribution in [3.63, 3.8) is 0 Å². The van der Waals surface area contributed by atoms with Crippen LogP contribution < -0.4 is 11.1 Å². The molecule has 0 saturated heterocycles. The molecule has 1 aliphatic carbocycles. The molecule has 1 aromatic heterocycles. The van der Waals surface area contributed by atoms with E-state index >= 15 is 0 Å². The molecule has 0 bridgehead atoms. The predicted molar refractivity (Wildman–Crippen MR) is 66.1 cm³/mol. The van der Waals surface area contributed by atoms with Crippen molar-refractivity contribution in [1.29, 1.82) is 0 Å². The van der Waals surface area contributed by atoms with Gasteiger partial charge in [-0.3, -0.25) is 0 Å². The normalized spacial score (nSPS) is 23.6. The zero-order valence-corrected chi connectivity index (χ0v) is 9.77. The molecule has 0 amide bonds. The van der Waals surface area contributed by atoms with Crippen LogP contribution in [0.25, 0.3) is 0 Å². The van der Waals surface area contributed by atoms with Crippen LogP contribution in [0.5, 0.6) is 0 Å². The summed E-state index contributed by atoms with van der Waals surface area (Å²) in [5.74, 6) is 1.56. The first-order chi connectivity index (χ1) is 7.08. The number of hydrogen-bond donors (Lipinski definition) is 2. The molecule has 1 fully saturated rings. The van der Waals surface area contributed by atoms with Crippen molar-refractivity contribution in [3.05, 3.63) is 23.4 Å². The fourth-order valence-electron chi connectivity index (χ4n) is 1.56. The van der Waals surface area contributed by atoms with Gasteiger partial charge in [0.2, 0.25) is 0 Å². The SMILES string of the molecule is Cc1ccc(C(N)=S)c(NC2CC2C)n1. The van der Waals surface area contributed by atoms with Gasteiger partial charge in [-0.2, -0.15) is 0 Å². The smallest absolute Gasteiger partial charge is 0.136 e. The van der Waals surface area contributed by atoms with Crippen molar-refractivity contribution in [2.45, 2.75) is 26.3 Å². The molecule has 1 aliphatic rings. The third kappa shape index (κ3) is 2.26. The minimum Gasteiger partial charge on any atom is -0.389 e. The Balaban J connectivity index is 2.26. The van der Waals surface area contributed by atoms with Crippen LogP contribution in [0.4, 0.5) is 5.82 Å². The maximum absolute atomic E-state index is 5.65. The number of aryl methyl sites for hydroxylation is 1. The third-order valence-electron chi connectivity index (χ3n) is 2.73. The van der Waals surface area contributed by atoms with Gasteiger partial charge in [-0.25, -0.2) is 4.98 Å². The fourth-order valence-corrected chi connectivity index (χ4v) is 1.73. The first-order valence-electron chi connectivity index (χ1n) is 5.12. The number of nitrogens with two attached hydrogens (primary N) is 1. The summed E-state index contributed by atoms with van der Waals surface area (Å²) in [6.07, 6.45) is 1.20. The van der Waals surface area contributed by atoms with Gasteiger partial charge in [0.15, 0.2) is 0 Å². The van der Waals surface area contributed by atoms with Crippen molar-refractivity contribution < 1.29 is 0 Å². The van der Waals surface area contributed by atoms with Crippen molar-refractivity contribution in [2.75, 3.05) is 5.32 Å². The second-order valence-corrected chi connectivity index (χ2v) is 4.62. The average Bonchev–Trinajstić information content (AvgIpc) is 2.81. The molecule has 1 aromatic rings. The van der Waals surface area contributed by atoms with E-state index in [1.807, 2.05) is 19.1 Å². The molecule has 0 aromatic carbocycles. The van der Waals surface area contributed by atoms with E-state index in [0.717, 1.165) is 23.0 Å². The Morgan fingerprint density at radius 1 is 1.60 bits per heavy atom. The molecule has 0 radical (unpaired) electrons. The lowest BCUT2D eigenvalue weighted by Crippen LogP contribution is -2.16. The van der Waals surface area contributed by atoms with Crippen molar-refractivity contribution in [2.24, 2.45) is 11.7 Å². The molecule has 2 rings (SSSR count). The highest BCUT2D eigenvalue weighted by Crippen LogP contribution is 2.33. The Bertz CT molecular complexity index is 403. The zero-order valence-electron chi connectivity index (χ0n) is 8.95. The minimum atomic E-state index is 0.401. The summed E-state index contributed by atoms with van der Waals surface area (Å²) in [4.78, 5) is 4.83. The topological polar surface area (TPSA) is 50.9 Å². The van der Waals surface area contributed by atoms with Crippen LogP contribution in [0.3, 0.4) is 0 Å². The Hall–Kier alpha value is -1.16. The molecule has 0 aliphatic heterocycles. The number of pyridine rings is 1. The quantitative estimate of drug-likeness (QED) is 0.765. The highest BCUT2D eigenvalue weighted by molar-refractivity contribution is 7.80. The largest absolute Gasteiger partial charge is 0.389 e. The summed E-state index contributed by atoms with van der Waals surface area (Å²) in [5.41, 5.74) is 7.47. The monoisotopic (exact) mass is 221 g/mol. The van der Waals surface area contributed by atoms with Gasteiger partial charge in [0.25, 0.3) is 0 Å². The van der Waals surface area contributed by atoms with Gasteiger partial charge in [0, 0.05) is 11.7 Å². The second-order valence-electron chi connectivity index (χ2n) is 4.18. The number of rotatable bonds is 3. The summed E-state index contributed by atoms with van der Waals surface area (Å²) in [7, 11) is 0. The fraction of sp³-hybridized carbons (Fsp3) is 0.455. The molecule has 3 nitrogen and oxygen atoms in total. The molecule has 4 heteroatoms. The average molecular weight is 221 g/mol. The molecule has 2 unspecified atom stereocenters. The molecule has 2 atom stereocenters. The number of anilines is 1. The zero-order chi connectivity index (χ0) is 11.0. The third-order valence-corrected chi connectivity index (χ3v) is 2.95. The molecule has 1 heterocycles. The maximum atomic E-state index is 5.65. The molecule has 15 heavy (non-hydrogen) atoms. The summed E-state index contributed by atoms with van der Waals surface area (Å²) in [6, 6.07) is 4.39. The van der Waals surface area contributed by atoms with E-state index in [2.05, 4.69) is 17.2 Å². The molecule has 80 valence electrons. The van der Waals surface area contributed by atoms with Gasteiger partial charge >= 0.3 is 0 Å². The van der Waals surface area contributed by atoms with Gasteiger partial charge in [0.05, 0.1) is 5.56 Å². The first kappa shape index (κ1) is 10.4. The van der Waals surface area contributed by atoms with Crippen LogP contribution in [-0.4, -0.2) is 16.0 Å². The first-order valence-corrected chi connectivity index (χ1v) is 5.52. The van der Waals surface area contributed by atoms with E-state index in [9.17, 15) is 0 Å². The second kappa shape index (κ2) is 3.77. The Morgan fingerprint density at radius 2 is 2.27 bits per heavy atom. The molecule has 1 saturated carbocycles. The lowest BCUT2D eigenvalue weighted by atomic mass is 10.2. The van der Waals surface area contributed by atoms with E-state index in [1.165, 1.54) is 6.42 Å². The van der Waals surface area contributed by atoms with Crippen molar-refractivity contribution in [1.82, 2.24) is 4.98 Å². The maximum Gasteiger partial charge on any atom is 0.136 e. The minimum absolute atomic E-state index is 0.401. The van der Waals surface area contributed by atoms with Crippen LogP contribution >= 0.6 is 12.2 Å². The highest BCUT2D eigenvalue weighted by atomic mass is 32.1. The Labute approximate surface area is 95.1 Å². The molecular weight excluding hydrogens is 206 g/mol. The van der Waals surface area contributed by atoms with E-state index in [4.69, 9.17) is 18.0 Å². The van der Waals surface area contributed by atoms with Gasteiger partial charge in [-0.1, -0.05) is 19.1 Å². The summed E-state index contributed by atoms with van der Waals surface area (Å²) in [5, 5.41) is 3.38. The van der Waals surface area contributed by atoms with E-state index in [1.54, 1.807) is 0 Å². The van der Waals surface area contributed by atoms with Gasteiger partial charge in [-0.05, 0) is 31.4 Å². The lowest BCUT2D eigenvalue weighted by molar-refractivity contribution is 0.921. The van der Waals surface area contributed by atoms with Crippen LogP contribution in [0.2, 0.25) is 0 Å². The number of nitrogens with zero attached hydrogens (tertiary/aromatic N) is 1.